The van der Waals surface area contributed by atoms with Crippen molar-refractivity contribution in [3.63, 3.8) is 0 Å². The summed E-state index contributed by atoms with van der Waals surface area (Å²) in [6, 6.07) is 19.0. The normalized spacial score (nSPS) is 17.1. The molecule has 12 nitrogen and oxygen atoms in total. The number of carbonyl (C=O) groups excluding carboxylic acids is 4. The summed E-state index contributed by atoms with van der Waals surface area (Å²) in [4.78, 5) is 53.1. The number of nitrogens with zero attached hydrogens (tertiary/aromatic N) is 3. The molecule has 308 valence electrons. The van der Waals surface area contributed by atoms with Crippen molar-refractivity contribution >= 4 is 54.3 Å². The van der Waals surface area contributed by atoms with Crippen LogP contribution in [0.2, 0.25) is 0 Å². The Bertz CT molecular complexity index is 1880. The number of hydrogen-bond donors (Lipinski definition) is 2. The van der Waals surface area contributed by atoms with Gasteiger partial charge in [-0.15, -0.1) is 11.3 Å². The molecule has 3 N–H and O–H groups in total. The number of nitrogens with two attached hydrogens (primary N) is 1. The number of carbonyl (C=O) groups is 4. The van der Waals surface area contributed by atoms with Crippen LogP contribution in [0.5, 0.6) is 11.5 Å². The summed E-state index contributed by atoms with van der Waals surface area (Å²) in [5, 5.41) is 4.34. The standard InChI is InChI=1S/C22H24NO4PS.C10H11FN2O2.C9H15NO.CH5N/c1-3-11-26-22(25)16(2)23-28(27-19-7-5-4-6-8-19)15-17-9-10-21-18(12-17)13-20(14-24)29-21;1-15-9-2-10(11)12-3-8(9)7-4-13(5-7)6-14;11-9-6-2-1-4-8-5-3-7-10(8)9;1-2/h4-10,12-14,16,23H,3,11,15H2,1-2H3;2-3,6-7H,4-5H2,1H3;8H,1-7H2;2H2,1H3. The first-order chi connectivity index (χ1) is 27.7. The largest absolute Gasteiger partial charge is 0.496 e. The average Bonchev–Trinajstić information content (AvgIpc) is 3.83. The summed E-state index contributed by atoms with van der Waals surface area (Å²) in [7, 11) is 1.83. The highest BCUT2D eigenvalue weighted by atomic mass is 32.1. The van der Waals surface area contributed by atoms with Crippen LogP contribution in [0.15, 0.2) is 66.9 Å². The number of amides is 2. The molecule has 3 unspecified atom stereocenters. The molecule has 4 aromatic rings. The van der Waals surface area contributed by atoms with Crippen LogP contribution in [-0.2, 0) is 25.3 Å². The highest BCUT2D eigenvalue weighted by Gasteiger charge is 2.30. The van der Waals surface area contributed by atoms with Gasteiger partial charge < -0.3 is 29.5 Å². The molecule has 3 fully saturated rings. The predicted octanol–water partition coefficient (Wildman–Crippen LogP) is 7.45. The number of nitrogens with one attached hydrogen (secondary N) is 1. The van der Waals surface area contributed by atoms with Crippen molar-refractivity contribution in [3.05, 3.63) is 88.8 Å². The summed E-state index contributed by atoms with van der Waals surface area (Å²) < 4.78 is 30.4. The summed E-state index contributed by atoms with van der Waals surface area (Å²) in [6.07, 6.45) is 11.5. The molecule has 3 atom stereocenters. The van der Waals surface area contributed by atoms with E-state index >= 15 is 0 Å². The van der Waals surface area contributed by atoms with Crippen molar-refractivity contribution in [2.24, 2.45) is 5.73 Å². The second kappa shape index (κ2) is 23.7. The SMILES string of the molecule is CCCOC(=O)C(C)NP(Cc1ccc2sc(C=O)cc2c1)Oc1ccccc1.CN.COc1cc(F)ncc1C1CN(C=O)C1.O=C1CCCCC2CCCN12. The highest BCUT2D eigenvalue weighted by Crippen LogP contribution is 2.40. The maximum absolute atomic E-state index is 12.8. The van der Waals surface area contributed by atoms with Crippen LogP contribution in [0.4, 0.5) is 4.39 Å². The first kappa shape index (κ1) is 45.2. The number of pyridine rings is 1. The molecule has 2 amide bonds. The van der Waals surface area contributed by atoms with Crippen molar-refractivity contribution in [1.29, 1.82) is 0 Å². The lowest BCUT2D eigenvalue weighted by Crippen LogP contribution is -2.43. The van der Waals surface area contributed by atoms with Crippen molar-refractivity contribution in [3.8, 4) is 11.5 Å². The third kappa shape index (κ3) is 13.6. The van der Waals surface area contributed by atoms with E-state index in [0.717, 1.165) is 65.5 Å². The molecule has 7 rings (SSSR count). The maximum atomic E-state index is 12.8. The van der Waals surface area contributed by atoms with E-state index in [1.54, 1.807) is 11.8 Å². The van der Waals surface area contributed by atoms with Gasteiger partial charge in [-0.3, -0.25) is 24.3 Å². The number of aldehydes is 1. The molecular formula is C42H55FN5O7PS. The Morgan fingerprint density at radius 3 is 2.54 bits per heavy atom. The number of para-hydroxylation sites is 1. The van der Waals surface area contributed by atoms with Crippen LogP contribution in [-0.4, -0.2) is 91.8 Å². The molecule has 5 heterocycles. The predicted molar refractivity (Wildman–Crippen MR) is 223 cm³/mol. The lowest BCUT2D eigenvalue weighted by Gasteiger charge is -2.36. The topological polar surface area (TPSA) is 153 Å². The zero-order valence-electron chi connectivity index (χ0n) is 33.2. The van der Waals surface area contributed by atoms with Gasteiger partial charge in [0.05, 0.1) is 18.6 Å². The number of esters is 1. The zero-order valence-corrected chi connectivity index (χ0v) is 34.9. The Balaban J connectivity index is 0.000000212. The minimum atomic E-state index is -1.17. The van der Waals surface area contributed by atoms with Crippen LogP contribution in [0, 0.1) is 5.95 Å². The van der Waals surface area contributed by atoms with Crippen molar-refractivity contribution in [2.45, 2.75) is 83.0 Å². The Kier molecular flexibility index (Phi) is 18.8. The van der Waals surface area contributed by atoms with Gasteiger partial charge in [0.15, 0.2) is 14.6 Å². The van der Waals surface area contributed by atoms with Gasteiger partial charge >= 0.3 is 5.97 Å². The molecular weight excluding hydrogens is 769 g/mol. The van der Waals surface area contributed by atoms with Gasteiger partial charge in [-0.2, -0.15) is 4.39 Å². The molecule has 3 aliphatic rings. The van der Waals surface area contributed by atoms with Crippen LogP contribution in [0.3, 0.4) is 0 Å². The van der Waals surface area contributed by atoms with E-state index in [0.29, 0.717) is 48.4 Å². The van der Waals surface area contributed by atoms with Crippen molar-refractivity contribution in [1.82, 2.24) is 19.9 Å². The lowest BCUT2D eigenvalue weighted by molar-refractivity contribution is -0.145. The monoisotopic (exact) mass is 823 g/mol. The molecule has 57 heavy (non-hydrogen) atoms. The van der Waals surface area contributed by atoms with Crippen LogP contribution < -0.4 is 20.1 Å². The van der Waals surface area contributed by atoms with E-state index in [4.69, 9.17) is 14.0 Å². The molecule has 3 aliphatic heterocycles. The van der Waals surface area contributed by atoms with Gasteiger partial charge in [0.1, 0.15) is 17.5 Å². The van der Waals surface area contributed by atoms with Gasteiger partial charge in [-0.25, -0.2) is 4.98 Å². The van der Waals surface area contributed by atoms with E-state index in [1.807, 2.05) is 55.5 Å². The summed E-state index contributed by atoms with van der Waals surface area (Å²) in [5.74, 6) is 1.03. The van der Waals surface area contributed by atoms with Gasteiger partial charge in [0.25, 0.3) is 0 Å². The number of ether oxygens (including phenoxy) is 2. The number of hydrogen-bond acceptors (Lipinski definition) is 11. The number of aromatic nitrogens is 1. The van der Waals surface area contributed by atoms with Crippen LogP contribution in [0.1, 0.15) is 85.5 Å². The number of likely N-dealkylation sites (tertiary alicyclic amines) is 1. The van der Waals surface area contributed by atoms with Gasteiger partial charge in [-0.05, 0) is 87.4 Å². The van der Waals surface area contributed by atoms with Crippen molar-refractivity contribution < 1.29 is 37.6 Å². The number of thiophene rings is 1. The third-order valence-corrected chi connectivity index (χ3v) is 12.4. The van der Waals surface area contributed by atoms with Crippen LogP contribution in [0.25, 0.3) is 10.1 Å². The average molecular weight is 824 g/mol. The fraction of sp³-hybridized carbons (Fsp3) is 0.452. The van der Waals surface area contributed by atoms with Gasteiger partial charge in [-0.1, -0.05) is 37.6 Å². The number of methoxy groups -OCH3 is 1. The summed E-state index contributed by atoms with van der Waals surface area (Å²) >= 11 is 1.48. The molecule has 15 heteroatoms. The highest BCUT2D eigenvalue weighted by molar-refractivity contribution is 7.50. The maximum Gasteiger partial charge on any atom is 0.323 e. The molecule has 2 aromatic carbocycles. The number of fused-ring (bicyclic) bond motifs is 2. The molecule has 0 spiro atoms. The Labute approximate surface area is 340 Å². The number of benzene rings is 2. The molecule has 0 bridgehead atoms. The van der Waals surface area contributed by atoms with Crippen LogP contribution >= 0.6 is 19.6 Å². The smallest absolute Gasteiger partial charge is 0.323 e. The Morgan fingerprint density at radius 1 is 1.09 bits per heavy atom. The fourth-order valence-electron chi connectivity index (χ4n) is 6.71. The zero-order chi connectivity index (χ0) is 41.2. The number of rotatable bonds is 13. The van der Waals surface area contributed by atoms with Gasteiger partial charge in [0, 0.05) is 66.7 Å². The minimum Gasteiger partial charge on any atom is -0.496 e. The van der Waals surface area contributed by atoms with Gasteiger partial charge in [0.2, 0.25) is 18.3 Å². The number of halogens is 1. The first-order valence-electron chi connectivity index (χ1n) is 19.4. The van der Waals surface area contributed by atoms with E-state index in [1.165, 1.54) is 63.4 Å². The van der Waals surface area contributed by atoms with E-state index in [2.05, 4.69) is 26.8 Å². The first-order valence-corrected chi connectivity index (χ1v) is 21.6. The lowest BCUT2D eigenvalue weighted by atomic mass is 9.93. The van der Waals surface area contributed by atoms with E-state index in [-0.39, 0.29) is 11.9 Å². The quantitative estimate of drug-likeness (QED) is 0.0602. The Hall–Kier alpha value is -4.49. The van der Waals surface area contributed by atoms with E-state index in [9.17, 15) is 23.6 Å². The molecule has 2 aromatic heterocycles. The minimum absolute atomic E-state index is 0.207. The Morgan fingerprint density at radius 2 is 1.84 bits per heavy atom. The second-order valence-electron chi connectivity index (χ2n) is 13.7. The van der Waals surface area contributed by atoms with Crippen molar-refractivity contribution in [2.75, 3.05) is 40.4 Å². The second-order valence-corrected chi connectivity index (χ2v) is 16.4. The van der Waals surface area contributed by atoms with E-state index < -0.39 is 20.3 Å². The summed E-state index contributed by atoms with van der Waals surface area (Å²) in [6.45, 7) is 6.49. The molecule has 3 saturated heterocycles. The fourth-order valence-corrected chi connectivity index (χ4v) is 9.22. The third-order valence-electron chi connectivity index (χ3n) is 9.60. The molecule has 0 radical (unpaired) electrons. The summed E-state index contributed by atoms with van der Waals surface area (Å²) in [5.41, 5.74) is 6.44. The molecule has 0 saturated carbocycles. The molecule has 0 aliphatic carbocycles.